The molecule has 1 atom stereocenters. The number of fused-ring (bicyclic) bond motifs is 4. The van der Waals surface area contributed by atoms with Gasteiger partial charge in [-0.25, -0.2) is 9.97 Å². The Morgan fingerprint density at radius 2 is 1.72 bits per heavy atom. The summed E-state index contributed by atoms with van der Waals surface area (Å²) < 4.78 is 1.89. The number of hydrogen-bond acceptors (Lipinski definition) is 9. The van der Waals surface area contributed by atoms with Crippen molar-refractivity contribution < 1.29 is 28.8 Å². The molecule has 3 N–H and O–H groups in total. The van der Waals surface area contributed by atoms with E-state index in [1.54, 1.807) is 12.4 Å². The fourth-order valence-corrected chi connectivity index (χ4v) is 6.60. The van der Waals surface area contributed by atoms with Crippen molar-refractivity contribution in [3.05, 3.63) is 93.6 Å². The largest absolute Gasteiger partial charge is 0.350 e. The maximum Gasteiger partial charge on any atom is 0.262 e. The quantitative estimate of drug-likeness (QED) is 0.218. The van der Waals surface area contributed by atoms with Crippen LogP contribution in [0.4, 0.5) is 0 Å². The van der Waals surface area contributed by atoms with Gasteiger partial charge in [-0.1, -0.05) is 18.2 Å². The van der Waals surface area contributed by atoms with E-state index in [-0.39, 0.29) is 55.1 Å². The van der Waals surface area contributed by atoms with E-state index in [9.17, 15) is 28.8 Å². The molecule has 46 heavy (non-hydrogen) atoms. The van der Waals surface area contributed by atoms with Gasteiger partial charge < -0.3 is 15.2 Å². The predicted octanol–water partition coefficient (Wildman–Crippen LogP) is 2.29. The maximum atomic E-state index is 13.1. The lowest BCUT2D eigenvalue weighted by molar-refractivity contribution is -0.136. The SMILES string of the molecule is O=C(Cn1c2ccccc2c2cccnc21)NCc1cnc(CNC(=O)c2ccc3c(c2)C(=O)N(C2CCC(=O)NC2=O)C3=O)s1. The fraction of sp³-hybridized carbons (Fsp3) is 0.188. The van der Waals surface area contributed by atoms with Gasteiger partial charge in [0.2, 0.25) is 17.7 Å². The number of carbonyl (C=O) groups is 6. The molecule has 2 aromatic carbocycles. The van der Waals surface area contributed by atoms with E-state index < -0.39 is 35.6 Å². The minimum atomic E-state index is -1.09. The highest BCUT2D eigenvalue weighted by Crippen LogP contribution is 2.29. The zero-order valence-corrected chi connectivity index (χ0v) is 24.9. The van der Waals surface area contributed by atoms with Crippen molar-refractivity contribution in [2.45, 2.75) is 38.5 Å². The first-order valence-corrected chi connectivity index (χ1v) is 15.3. The summed E-state index contributed by atoms with van der Waals surface area (Å²) in [6.07, 6.45) is 3.40. The molecule has 14 heteroatoms. The zero-order valence-electron chi connectivity index (χ0n) is 24.1. The molecule has 230 valence electrons. The van der Waals surface area contributed by atoms with Crippen molar-refractivity contribution in [3.63, 3.8) is 0 Å². The van der Waals surface area contributed by atoms with Crippen molar-refractivity contribution in [1.82, 2.24) is 35.4 Å². The number of hydrogen-bond donors (Lipinski definition) is 3. The normalized spacial score (nSPS) is 16.2. The Morgan fingerprint density at radius 1 is 0.913 bits per heavy atom. The topological polar surface area (TPSA) is 172 Å². The summed E-state index contributed by atoms with van der Waals surface area (Å²) in [6.45, 7) is 0.472. The average Bonchev–Trinajstić information content (AvgIpc) is 3.72. The van der Waals surface area contributed by atoms with Gasteiger partial charge in [0.25, 0.3) is 17.7 Å². The predicted molar refractivity (Wildman–Crippen MR) is 165 cm³/mol. The molecule has 7 rings (SSSR count). The van der Waals surface area contributed by atoms with E-state index in [2.05, 4.69) is 25.9 Å². The Kier molecular flexibility index (Phi) is 7.33. The highest BCUT2D eigenvalue weighted by Gasteiger charge is 2.44. The first kappa shape index (κ1) is 29.0. The molecule has 5 heterocycles. The zero-order chi connectivity index (χ0) is 31.9. The molecule has 6 amide bonds. The summed E-state index contributed by atoms with van der Waals surface area (Å²) in [5.74, 6) is -3.15. The molecule has 3 aromatic heterocycles. The number of benzene rings is 2. The van der Waals surface area contributed by atoms with Crippen molar-refractivity contribution in [2.75, 3.05) is 0 Å². The van der Waals surface area contributed by atoms with Crippen LogP contribution in [0.25, 0.3) is 21.9 Å². The Morgan fingerprint density at radius 3 is 2.57 bits per heavy atom. The number of rotatable bonds is 8. The Labute approximate surface area is 264 Å². The standard InChI is InChI=1S/C32H25N7O6S/c40-25-10-9-24(30(43)37-25)39-31(44)21-8-7-17(12-22(21)32(39)45)29(42)36-15-27-35-14-18(46-27)13-34-26(41)16-38-23-6-2-1-4-19(23)20-5-3-11-33-28(20)38/h1-8,11-12,14,24H,9-10,13,15-16H2,(H,34,41)(H,36,42)(H,37,40,43). The molecule has 2 aliphatic heterocycles. The van der Waals surface area contributed by atoms with E-state index in [1.807, 2.05) is 41.0 Å². The van der Waals surface area contributed by atoms with E-state index in [4.69, 9.17) is 0 Å². The van der Waals surface area contributed by atoms with Crippen molar-refractivity contribution in [3.8, 4) is 0 Å². The lowest BCUT2D eigenvalue weighted by Crippen LogP contribution is -2.54. The molecular weight excluding hydrogens is 610 g/mol. The number of carbonyl (C=O) groups excluding carboxylic acids is 6. The molecule has 5 aromatic rings. The molecule has 0 bridgehead atoms. The third-order valence-electron chi connectivity index (χ3n) is 7.99. The second kappa shape index (κ2) is 11.6. The van der Waals surface area contributed by atoms with Gasteiger partial charge >= 0.3 is 0 Å². The third-order valence-corrected chi connectivity index (χ3v) is 8.99. The van der Waals surface area contributed by atoms with Crippen molar-refractivity contribution >= 4 is 68.7 Å². The van der Waals surface area contributed by atoms with Gasteiger partial charge in [-0.2, -0.15) is 0 Å². The van der Waals surface area contributed by atoms with Crippen LogP contribution < -0.4 is 16.0 Å². The van der Waals surface area contributed by atoms with E-state index >= 15 is 0 Å². The molecule has 13 nitrogen and oxygen atoms in total. The second-order valence-corrected chi connectivity index (χ2v) is 12.1. The highest BCUT2D eigenvalue weighted by atomic mass is 32.1. The molecule has 1 saturated heterocycles. The number of para-hydroxylation sites is 1. The molecule has 2 aliphatic rings. The van der Waals surface area contributed by atoms with Crippen LogP contribution in [0.5, 0.6) is 0 Å². The van der Waals surface area contributed by atoms with Crippen LogP contribution >= 0.6 is 11.3 Å². The molecule has 1 fully saturated rings. The van der Waals surface area contributed by atoms with Gasteiger partial charge in [0.15, 0.2) is 0 Å². The van der Waals surface area contributed by atoms with Gasteiger partial charge in [0.05, 0.1) is 29.7 Å². The summed E-state index contributed by atoms with van der Waals surface area (Å²) in [5.41, 5.74) is 1.93. The number of thiazole rings is 1. The lowest BCUT2D eigenvalue weighted by atomic mass is 10.0. The lowest BCUT2D eigenvalue weighted by Gasteiger charge is -2.27. The molecule has 0 spiro atoms. The maximum absolute atomic E-state index is 13.1. The van der Waals surface area contributed by atoms with Gasteiger partial charge in [-0.3, -0.25) is 39.0 Å². The summed E-state index contributed by atoms with van der Waals surface area (Å²) in [4.78, 5) is 86.1. The van der Waals surface area contributed by atoms with Gasteiger partial charge in [-0.15, -0.1) is 11.3 Å². The summed E-state index contributed by atoms with van der Waals surface area (Å²) >= 11 is 1.34. The van der Waals surface area contributed by atoms with Gasteiger partial charge in [0, 0.05) is 40.0 Å². The minimum Gasteiger partial charge on any atom is -0.350 e. The van der Waals surface area contributed by atoms with E-state index in [0.29, 0.717) is 5.01 Å². The summed E-state index contributed by atoms with van der Waals surface area (Å²) in [5, 5.41) is 10.5. The molecule has 0 aliphatic carbocycles. The van der Waals surface area contributed by atoms with Crippen LogP contribution in [0.1, 0.15) is 53.8 Å². The fourth-order valence-electron chi connectivity index (χ4n) is 5.80. The number of aromatic nitrogens is 3. The number of amides is 6. The first-order chi connectivity index (χ1) is 22.3. The monoisotopic (exact) mass is 635 g/mol. The van der Waals surface area contributed by atoms with Crippen LogP contribution in [-0.4, -0.2) is 60.9 Å². The van der Waals surface area contributed by atoms with Crippen LogP contribution in [-0.2, 0) is 34.0 Å². The first-order valence-electron chi connectivity index (χ1n) is 14.4. The number of nitrogens with zero attached hydrogens (tertiary/aromatic N) is 4. The molecule has 0 radical (unpaired) electrons. The third kappa shape index (κ3) is 5.17. The van der Waals surface area contributed by atoms with Crippen LogP contribution in [0.15, 0.2) is 67.0 Å². The molecule has 0 saturated carbocycles. The smallest absolute Gasteiger partial charge is 0.262 e. The van der Waals surface area contributed by atoms with Crippen LogP contribution in [0.3, 0.4) is 0 Å². The summed E-state index contributed by atoms with van der Waals surface area (Å²) in [7, 11) is 0. The second-order valence-electron chi connectivity index (χ2n) is 10.9. The number of pyridine rings is 1. The molecule has 1 unspecified atom stereocenters. The average molecular weight is 636 g/mol. The minimum absolute atomic E-state index is 0.0165. The van der Waals surface area contributed by atoms with Crippen LogP contribution in [0.2, 0.25) is 0 Å². The molecular formula is C32H25N7O6S. The number of imide groups is 2. The van der Waals surface area contributed by atoms with E-state index in [1.165, 1.54) is 29.5 Å². The summed E-state index contributed by atoms with van der Waals surface area (Å²) in [6, 6.07) is 14.8. The van der Waals surface area contributed by atoms with Gasteiger partial charge in [0.1, 0.15) is 23.2 Å². The van der Waals surface area contributed by atoms with Crippen LogP contribution in [0, 0.1) is 0 Å². The van der Waals surface area contributed by atoms with E-state index in [0.717, 1.165) is 31.7 Å². The Hall–Kier alpha value is -5.76. The Balaban J connectivity index is 0.953. The number of piperidine rings is 1. The van der Waals surface area contributed by atoms with Crippen molar-refractivity contribution in [2.24, 2.45) is 0 Å². The van der Waals surface area contributed by atoms with Crippen molar-refractivity contribution in [1.29, 1.82) is 0 Å². The van der Waals surface area contributed by atoms with Gasteiger partial charge in [-0.05, 0) is 42.8 Å². The Bertz CT molecular complexity index is 2070. The number of nitrogens with one attached hydrogen (secondary N) is 3. The highest BCUT2D eigenvalue weighted by molar-refractivity contribution is 7.11.